The van der Waals surface area contributed by atoms with Crippen molar-refractivity contribution in [3.05, 3.63) is 59.2 Å². The van der Waals surface area contributed by atoms with Crippen molar-refractivity contribution in [1.29, 1.82) is 0 Å². The summed E-state index contributed by atoms with van der Waals surface area (Å²) in [5.41, 5.74) is 3.39. The number of sulfonamides is 1. The van der Waals surface area contributed by atoms with Gasteiger partial charge in [0.05, 0.1) is 17.5 Å². The van der Waals surface area contributed by atoms with Crippen molar-refractivity contribution in [2.24, 2.45) is 0 Å². The largest absolute Gasteiger partial charge is 0.348 e. The molecule has 0 unspecified atom stereocenters. The van der Waals surface area contributed by atoms with Gasteiger partial charge in [0, 0.05) is 11.9 Å². The van der Waals surface area contributed by atoms with Crippen molar-refractivity contribution in [3.8, 4) is 0 Å². The molecule has 0 heterocycles. The molecule has 0 saturated heterocycles. The van der Waals surface area contributed by atoms with Crippen LogP contribution in [0.15, 0.2) is 52.3 Å². The smallest absolute Gasteiger partial charge is 0.243 e. The number of hydrogen-bond donors (Lipinski definition) is 1. The van der Waals surface area contributed by atoms with Gasteiger partial charge in [-0.05, 0) is 67.5 Å². The monoisotopic (exact) mass is 420 g/mol. The van der Waals surface area contributed by atoms with Gasteiger partial charge in [-0.15, -0.1) is 11.8 Å². The van der Waals surface area contributed by atoms with Crippen LogP contribution in [0, 0.1) is 13.8 Å². The quantitative estimate of drug-likeness (QED) is 0.658. The second-order valence-electron chi connectivity index (χ2n) is 6.81. The first-order chi connectivity index (χ1) is 13.2. The molecule has 1 atom stereocenters. The fourth-order valence-electron chi connectivity index (χ4n) is 2.86. The highest BCUT2D eigenvalue weighted by molar-refractivity contribution is 7.98. The van der Waals surface area contributed by atoms with E-state index in [0.29, 0.717) is 0 Å². The zero-order chi connectivity index (χ0) is 20.9. The minimum atomic E-state index is -3.72. The molecular formula is C21H28N2O3S2. The fraction of sp³-hybridized carbons (Fsp3) is 0.381. The van der Waals surface area contributed by atoms with E-state index in [4.69, 9.17) is 0 Å². The second-order valence-corrected chi connectivity index (χ2v) is 9.73. The lowest BCUT2D eigenvalue weighted by atomic mass is 9.99. The average Bonchev–Trinajstić information content (AvgIpc) is 2.68. The van der Waals surface area contributed by atoms with Crippen LogP contribution in [0.25, 0.3) is 0 Å². The number of carbonyl (C=O) groups excluding carboxylic acids is 1. The third-order valence-electron chi connectivity index (χ3n) is 4.81. The zero-order valence-electron chi connectivity index (χ0n) is 17.0. The summed E-state index contributed by atoms with van der Waals surface area (Å²) in [6.07, 6.45) is 2.65. The first kappa shape index (κ1) is 22.5. The van der Waals surface area contributed by atoms with Gasteiger partial charge in [0.1, 0.15) is 0 Å². The number of benzene rings is 2. The van der Waals surface area contributed by atoms with E-state index in [9.17, 15) is 13.2 Å². The summed E-state index contributed by atoms with van der Waals surface area (Å²) in [5.74, 6) is -0.322. The number of rotatable bonds is 8. The fourth-order valence-corrected chi connectivity index (χ4v) is 4.39. The molecule has 0 spiro atoms. The first-order valence-electron chi connectivity index (χ1n) is 9.16. The zero-order valence-corrected chi connectivity index (χ0v) is 18.7. The SMILES string of the molecule is CC[C@H](NC(=O)CN(C)S(=O)(=O)c1ccc(SC)cc1)c1ccc(C)c(C)c1. The van der Waals surface area contributed by atoms with Crippen molar-refractivity contribution >= 4 is 27.7 Å². The van der Waals surface area contributed by atoms with Crippen LogP contribution in [0.3, 0.4) is 0 Å². The average molecular weight is 421 g/mol. The van der Waals surface area contributed by atoms with E-state index < -0.39 is 10.0 Å². The number of likely N-dealkylation sites (N-methyl/N-ethyl adjacent to an activating group) is 1. The molecule has 0 bridgehead atoms. The van der Waals surface area contributed by atoms with E-state index in [1.54, 1.807) is 36.0 Å². The summed E-state index contributed by atoms with van der Waals surface area (Å²) in [4.78, 5) is 13.7. The molecule has 5 nitrogen and oxygen atoms in total. The Balaban J connectivity index is 2.08. The van der Waals surface area contributed by atoms with E-state index in [-0.39, 0.29) is 23.4 Å². The number of aryl methyl sites for hydroxylation is 2. The summed E-state index contributed by atoms with van der Waals surface area (Å²) in [6.45, 7) is 5.85. The third-order valence-corrected chi connectivity index (χ3v) is 7.37. The van der Waals surface area contributed by atoms with E-state index in [0.717, 1.165) is 21.2 Å². The molecule has 1 amide bonds. The maximum Gasteiger partial charge on any atom is 0.243 e. The van der Waals surface area contributed by atoms with Gasteiger partial charge in [0.25, 0.3) is 0 Å². The Morgan fingerprint density at radius 3 is 2.29 bits per heavy atom. The first-order valence-corrected chi connectivity index (χ1v) is 11.8. The van der Waals surface area contributed by atoms with Crippen LogP contribution in [0.2, 0.25) is 0 Å². The number of hydrogen-bond acceptors (Lipinski definition) is 4. The van der Waals surface area contributed by atoms with Crippen molar-refractivity contribution in [1.82, 2.24) is 9.62 Å². The summed E-state index contributed by atoms with van der Waals surface area (Å²) in [6, 6.07) is 12.6. The van der Waals surface area contributed by atoms with Gasteiger partial charge in [-0.3, -0.25) is 4.79 Å². The number of carbonyl (C=O) groups is 1. The highest BCUT2D eigenvalue weighted by atomic mass is 32.2. The van der Waals surface area contributed by atoms with E-state index in [1.165, 1.54) is 18.2 Å². The third kappa shape index (κ3) is 5.37. The van der Waals surface area contributed by atoms with E-state index in [2.05, 4.69) is 11.4 Å². The van der Waals surface area contributed by atoms with Crippen LogP contribution in [-0.4, -0.2) is 38.5 Å². The van der Waals surface area contributed by atoms with Crippen LogP contribution in [0.1, 0.15) is 36.1 Å². The van der Waals surface area contributed by atoms with Crippen LogP contribution >= 0.6 is 11.8 Å². The molecule has 0 radical (unpaired) electrons. The van der Waals surface area contributed by atoms with Crippen molar-refractivity contribution in [3.63, 3.8) is 0 Å². The van der Waals surface area contributed by atoms with Crippen molar-refractivity contribution < 1.29 is 13.2 Å². The van der Waals surface area contributed by atoms with Crippen molar-refractivity contribution in [2.45, 2.75) is 43.0 Å². The van der Waals surface area contributed by atoms with Crippen LogP contribution in [-0.2, 0) is 14.8 Å². The second kappa shape index (κ2) is 9.58. The van der Waals surface area contributed by atoms with Gasteiger partial charge in [0.2, 0.25) is 15.9 Å². The van der Waals surface area contributed by atoms with Gasteiger partial charge in [-0.2, -0.15) is 4.31 Å². The predicted octanol–water partition coefficient (Wildman–Crippen LogP) is 3.91. The lowest BCUT2D eigenvalue weighted by Crippen LogP contribution is -2.39. The Morgan fingerprint density at radius 2 is 1.75 bits per heavy atom. The number of nitrogens with one attached hydrogen (secondary N) is 1. The summed E-state index contributed by atoms with van der Waals surface area (Å²) < 4.78 is 26.5. The Hall–Kier alpha value is -1.83. The topological polar surface area (TPSA) is 66.5 Å². The number of amides is 1. The molecule has 7 heteroatoms. The molecule has 2 aromatic carbocycles. The molecule has 1 N–H and O–H groups in total. The molecule has 0 aliphatic carbocycles. The predicted molar refractivity (Wildman–Crippen MR) is 115 cm³/mol. The molecule has 152 valence electrons. The highest BCUT2D eigenvalue weighted by Crippen LogP contribution is 2.21. The van der Waals surface area contributed by atoms with Crippen LogP contribution in [0.5, 0.6) is 0 Å². The minimum Gasteiger partial charge on any atom is -0.348 e. The van der Waals surface area contributed by atoms with Gasteiger partial charge in [0.15, 0.2) is 0 Å². The van der Waals surface area contributed by atoms with Crippen LogP contribution < -0.4 is 5.32 Å². The van der Waals surface area contributed by atoms with Crippen molar-refractivity contribution in [2.75, 3.05) is 19.8 Å². The molecule has 2 aromatic rings. The minimum absolute atomic E-state index is 0.149. The summed E-state index contributed by atoms with van der Waals surface area (Å²) in [7, 11) is -2.29. The molecule has 2 rings (SSSR count). The van der Waals surface area contributed by atoms with Gasteiger partial charge in [-0.1, -0.05) is 25.1 Å². The summed E-state index contributed by atoms with van der Waals surface area (Å²) >= 11 is 1.54. The Bertz CT molecular complexity index is 925. The molecule has 0 aliphatic rings. The Morgan fingerprint density at radius 1 is 1.11 bits per heavy atom. The maximum absolute atomic E-state index is 12.7. The molecule has 0 aliphatic heterocycles. The molecule has 0 fully saturated rings. The molecular weight excluding hydrogens is 392 g/mol. The lowest BCUT2D eigenvalue weighted by molar-refractivity contribution is -0.121. The van der Waals surface area contributed by atoms with Gasteiger partial charge in [-0.25, -0.2) is 8.42 Å². The number of thioether (sulfide) groups is 1. The normalized spacial score (nSPS) is 12.8. The van der Waals surface area contributed by atoms with Crippen LogP contribution in [0.4, 0.5) is 0 Å². The van der Waals surface area contributed by atoms with E-state index >= 15 is 0 Å². The molecule has 0 aromatic heterocycles. The number of nitrogens with zero attached hydrogens (tertiary/aromatic N) is 1. The standard InChI is InChI=1S/C21H28N2O3S2/c1-6-20(17-8-7-15(2)16(3)13-17)22-21(24)14-23(4)28(25,26)19-11-9-18(27-5)10-12-19/h7-13,20H,6,14H2,1-5H3,(H,22,24)/t20-/m0/s1. The highest BCUT2D eigenvalue weighted by Gasteiger charge is 2.24. The Labute approximate surface area is 172 Å². The summed E-state index contributed by atoms with van der Waals surface area (Å²) in [5, 5.41) is 2.95. The van der Waals surface area contributed by atoms with Gasteiger partial charge >= 0.3 is 0 Å². The lowest BCUT2D eigenvalue weighted by Gasteiger charge is -2.21. The Kier molecular flexibility index (Phi) is 7.69. The molecule has 0 saturated carbocycles. The maximum atomic E-state index is 12.7. The van der Waals surface area contributed by atoms with Gasteiger partial charge < -0.3 is 5.32 Å². The van der Waals surface area contributed by atoms with E-state index in [1.807, 2.05) is 39.2 Å². The molecule has 28 heavy (non-hydrogen) atoms.